The summed E-state index contributed by atoms with van der Waals surface area (Å²) in [5.74, 6) is -0.349. The van der Waals surface area contributed by atoms with E-state index in [1.807, 2.05) is 17.0 Å². The number of rotatable bonds is 4. The predicted octanol–water partition coefficient (Wildman–Crippen LogP) is 3.25. The van der Waals surface area contributed by atoms with Crippen molar-refractivity contribution in [3.63, 3.8) is 0 Å². The summed E-state index contributed by atoms with van der Waals surface area (Å²) in [6.45, 7) is 1.18. The van der Waals surface area contributed by atoms with Gasteiger partial charge in [0.1, 0.15) is 11.3 Å². The van der Waals surface area contributed by atoms with Crippen molar-refractivity contribution in [3.8, 4) is 11.3 Å². The molecule has 0 spiro atoms. The fraction of sp³-hybridized carbons (Fsp3) is 0.238. The molecule has 1 saturated heterocycles. The van der Waals surface area contributed by atoms with Crippen molar-refractivity contribution in [2.24, 2.45) is 0 Å². The summed E-state index contributed by atoms with van der Waals surface area (Å²) in [4.78, 5) is 23.0. The molecule has 29 heavy (non-hydrogen) atoms. The lowest BCUT2D eigenvalue weighted by Gasteiger charge is -2.23. The summed E-state index contributed by atoms with van der Waals surface area (Å²) < 4.78 is 20.8. The topological polar surface area (TPSA) is 77.1 Å². The molecule has 1 unspecified atom stereocenters. The molecule has 0 bridgehead atoms. The molecule has 1 aliphatic heterocycles. The fourth-order valence-corrected chi connectivity index (χ4v) is 3.74. The number of aromatic nitrogens is 4. The number of nitrogens with zero attached hydrogens (tertiary/aromatic N) is 5. The van der Waals surface area contributed by atoms with Gasteiger partial charge in [-0.25, -0.2) is 9.07 Å². The molecule has 0 N–H and O–H groups in total. The zero-order chi connectivity index (χ0) is 19.8. The number of anilines is 1. The lowest BCUT2D eigenvalue weighted by Crippen LogP contribution is -2.37. The minimum atomic E-state index is -0.349. The highest BCUT2D eigenvalue weighted by Gasteiger charge is 2.29. The van der Waals surface area contributed by atoms with Crippen molar-refractivity contribution in [1.82, 2.24) is 19.7 Å². The van der Waals surface area contributed by atoms with Crippen molar-refractivity contribution in [1.29, 1.82) is 0 Å². The monoisotopic (exact) mass is 391 g/mol. The van der Waals surface area contributed by atoms with Crippen LogP contribution in [0.3, 0.4) is 0 Å². The molecular weight excluding hydrogens is 373 g/mol. The second kappa shape index (κ2) is 7.12. The molecule has 0 aliphatic carbocycles. The standard InChI is InChI=1S/C21H18FN5O2/c22-15-5-7-19-18(11-15)24-21(29-19)26-10-2-4-16(26)13-27-20(28)8-6-17(25-27)14-3-1-9-23-12-14/h1,3,5-9,11-12,16H,2,4,10,13H2. The van der Waals surface area contributed by atoms with Gasteiger partial charge >= 0.3 is 0 Å². The molecular formula is C21H18FN5O2. The highest BCUT2D eigenvalue weighted by molar-refractivity contribution is 5.74. The van der Waals surface area contributed by atoms with Crippen LogP contribution in [0.15, 0.2) is 64.1 Å². The van der Waals surface area contributed by atoms with E-state index in [0.29, 0.717) is 29.4 Å². The van der Waals surface area contributed by atoms with E-state index in [2.05, 4.69) is 15.1 Å². The van der Waals surface area contributed by atoms with Crippen LogP contribution in [-0.2, 0) is 6.54 Å². The number of hydrogen-bond donors (Lipinski definition) is 0. The molecule has 8 heteroatoms. The fourth-order valence-electron chi connectivity index (χ4n) is 3.74. The van der Waals surface area contributed by atoms with Gasteiger partial charge in [0.15, 0.2) is 5.58 Å². The Morgan fingerprint density at radius 2 is 2.14 bits per heavy atom. The highest BCUT2D eigenvalue weighted by Crippen LogP contribution is 2.29. The Bertz CT molecular complexity index is 1220. The average Bonchev–Trinajstić information content (AvgIpc) is 3.36. The van der Waals surface area contributed by atoms with Gasteiger partial charge in [0.05, 0.1) is 18.3 Å². The van der Waals surface area contributed by atoms with Gasteiger partial charge in [-0.05, 0) is 43.2 Å². The molecule has 146 valence electrons. The summed E-state index contributed by atoms with van der Waals surface area (Å²) in [6, 6.07) is 11.7. The van der Waals surface area contributed by atoms with E-state index in [-0.39, 0.29) is 17.4 Å². The summed E-state index contributed by atoms with van der Waals surface area (Å²) in [5.41, 5.74) is 2.41. The van der Waals surface area contributed by atoms with Crippen LogP contribution in [-0.4, -0.2) is 32.3 Å². The largest absolute Gasteiger partial charge is 0.423 e. The SMILES string of the molecule is O=c1ccc(-c2cccnc2)nn1CC1CCCN1c1nc2cc(F)ccc2o1. The van der Waals surface area contributed by atoms with Crippen LogP contribution in [0.1, 0.15) is 12.8 Å². The number of benzene rings is 1. The third-order valence-electron chi connectivity index (χ3n) is 5.17. The number of oxazole rings is 1. The third kappa shape index (κ3) is 3.37. The molecule has 0 amide bonds. The predicted molar refractivity (Wildman–Crippen MR) is 106 cm³/mol. The molecule has 5 rings (SSSR count). The minimum absolute atomic E-state index is 0.0160. The zero-order valence-electron chi connectivity index (χ0n) is 15.5. The number of fused-ring (bicyclic) bond motifs is 1. The van der Waals surface area contributed by atoms with Gasteiger partial charge in [0.25, 0.3) is 11.6 Å². The maximum Gasteiger partial charge on any atom is 0.298 e. The first-order valence-corrected chi connectivity index (χ1v) is 9.49. The first-order chi connectivity index (χ1) is 14.2. The first kappa shape index (κ1) is 17.5. The lowest BCUT2D eigenvalue weighted by atomic mass is 10.2. The van der Waals surface area contributed by atoms with Gasteiger partial charge < -0.3 is 9.32 Å². The summed E-state index contributed by atoms with van der Waals surface area (Å²) in [5, 5.41) is 4.53. The van der Waals surface area contributed by atoms with Crippen molar-refractivity contribution in [2.45, 2.75) is 25.4 Å². The van der Waals surface area contributed by atoms with Crippen LogP contribution < -0.4 is 10.5 Å². The molecule has 1 aromatic carbocycles. The van der Waals surface area contributed by atoms with Crippen LogP contribution in [0.4, 0.5) is 10.4 Å². The second-order valence-electron chi connectivity index (χ2n) is 7.08. The summed E-state index contributed by atoms with van der Waals surface area (Å²) in [7, 11) is 0. The van der Waals surface area contributed by atoms with Gasteiger partial charge in [0.2, 0.25) is 0 Å². The van der Waals surface area contributed by atoms with Crippen LogP contribution in [0.25, 0.3) is 22.4 Å². The second-order valence-corrected chi connectivity index (χ2v) is 7.08. The Morgan fingerprint density at radius 3 is 3.00 bits per heavy atom. The molecule has 7 nitrogen and oxygen atoms in total. The Morgan fingerprint density at radius 1 is 1.21 bits per heavy atom. The molecule has 0 saturated carbocycles. The zero-order valence-corrected chi connectivity index (χ0v) is 15.5. The summed E-state index contributed by atoms with van der Waals surface area (Å²) in [6.07, 6.45) is 5.26. The Kier molecular flexibility index (Phi) is 4.31. The molecule has 4 heterocycles. The van der Waals surface area contributed by atoms with Gasteiger partial charge in [-0.3, -0.25) is 9.78 Å². The highest BCUT2D eigenvalue weighted by atomic mass is 19.1. The van der Waals surface area contributed by atoms with Crippen molar-refractivity contribution in [2.75, 3.05) is 11.4 Å². The van der Waals surface area contributed by atoms with Gasteiger partial charge in [0, 0.05) is 36.6 Å². The van der Waals surface area contributed by atoms with E-state index in [9.17, 15) is 9.18 Å². The maximum absolute atomic E-state index is 13.5. The molecule has 1 fully saturated rings. The van der Waals surface area contributed by atoms with Crippen LogP contribution in [0, 0.1) is 5.82 Å². The molecule has 1 atom stereocenters. The Balaban J connectivity index is 1.44. The molecule has 3 aromatic heterocycles. The maximum atomic E-state index is 13.5. The van der Waals surface area contributed by atoms with Gasteiger partial charge in [-0.2, -0.15) is 10.1 Å². The average molecular weight is 391 g/mol. The number of halogens is 1. The van der Waals surface area contributed by atoms with E-state index >= 15 is 0 Å². The van der Waals surface area contributed by atoms with E-state index in [0.717, 1.165) is 24.9 Å². The van der Waals surface area contributed by atoms with E-state index in [1.54, 1.807) is 24.5 Å². The third-order valence-corrected chi connectivity index (χ3v) is 5.17. The van der Waals surface area contributed by atoms with Gasteiger partial charge in [-0.15, -0.1) is 0 Å². The number of hydrogen-bond acceptors (Lipinski definition) is 6. The lowest BCUT2D eigenvalue weighted by molar-refractivity contribution is 0.466. The van der Waals surface area contributed by atoms with Gasteiger partial charge in [-0.1, -0.05) is 0 Å². The first-order valence-electron chi connectivity index (χ1n) is 9.49. The van der Waals surface area contributed by atoms with E-state index in [1.165, 1.54) is 22.9 Å². The van der Waals surface area contributed by atoms with Crippen LogP contribution >= 0.6 is 0 Å². The van der Waals surface area contributed by atoms with Crippen molar-refractivity contribution >= 4 is 17.1 Å². The molecule has 1 aliphatic rings. The van der Waals surface area contributed by atoms with Crippen LogP contribution in [0.2, 0.25) is 0 Å². The Hall–Kier alpha value is -3.55. The van der Waals surface area contributed by atoms with Crippen LogP contribution in [0.5, 0.6) is 0 Å². The summed E-state index contributed by atoms with van der Waals surface area (Å²) >= 11 is 0. The minimum Gasteiger partial charge on any atom is -0.423 e. The normalized spacial score (nSPS) is 16.6. The quantitative estimate of drug-likeness (QED) is 0.531. The van der Waals surface area contributed by atoms with E-state index in [4.69, 9.17) is 4.42 Å². The van der Waals surface area contributed by atoms with Crippen molar-refractivity contribution < 1.29 is 8.81 Å². The molecule has 0 radical (unpaired) electrons. The molecule has 4 aromatic rings. The smallest absolute Gasteiger partial charge is 0.298 e. The Labute approximate surface area is 165 Å². The van der Waals surface area contributed by atoms with Crippen molar-refractivity contribution in [3.05, 3.63) is 71.0 Å². The van der Waals surface area contributed by atoms with E-state index < -0.39 is 0 Å². The number of pyridine rings is 1.